The van der Waals surface area contributed by atoms with Crippen LogP contribution in [0.15, 0.2) is 40.6 Å². The molecule has 1 saturated carbocycles. The summed E-state index contributed by atoms with van der Waals surface area (Å²) in [6, 6.07) is 5.84. The minimum absolute atomic E-state index is 0.236. The van der Waals surface area contributed by atoms with Gasteiger partial charge in [-0.3, -0.25) is 9.97 Å². The number of fused-ring (bicyclic) bond motifs is 3. The topological polar surface area (TPSA) is 123 Å². The molecule has 2 aliphatic rings. The zero-order chi connectivity index (χ0) is 22.0. The standard InChI is InChI=1S/C22H23ClN8S/c1-2-14-18(23)17-19(28-14)29-21(32-11-6-16-15(27-7-11)4-3-5-26-16)30-20(17)31-8-12-13(9-31)22(12,25)10-24/h3-7,12-13H,2,8-10,24-25H2,1H3,(H,28,29,30)/t12-,13+,22?. The third-order valence-corrected chi connectivity index (χ3v) is 8.10. The lowest BCUT2D eigenvalue weighted by Gasteiger charge is -2.25. The van der Waals surface area contributed by atoms with E-state index in [4.69, 9.17) is 33.0 Å². The van der Waals surface area contributed by atoms with Crippen molar-refractivity contribution in [1.29, 1.82) is 0 Å². The molecule has 0 bridgehead atoms. The van der Waals surface area contributed by atoms with Crippen molar-refractivity contribution in [3.05, 3.63) is 41.3 Å². The number of nitrogens with one attached hydrogen (secondary N) is 1. The third-order valence-electron chi connectivity index (χ3n) is 6.86. The van der Waals surface area contributed by atoms with E-state index in [1.54, 1.807) is 6.20 Å². The van der Waals surface area contributed by atoms with Crippen LogP contribution in [-0.2, 0) is 6.42 Å². The van der Waals surface area contributed by atoms with Gasteiger partial charge in [0.1, 0.15) is 11.5 Å². The molecule has 5 heterocycles. The molecule has 0 aromatic carbocycles. The highest BCUT2D eigenvalue weighted by molar-refractivity contribution is 7.99. The largest absolute Gasteiger partial charge is 0.355 e. The smallest absolute Gasteiger partial charge is 0.196 e. The van der Waals surface area contributed by atoms with Gasteiger partial charge in [-0.15, -0.1) is 0 Å². The molecule has 0 spiro atoms. The van der Waals surface area contributed by atoms with Gasteiger partial charge in [-0.1, -0.05) is 18.5 Å². The van der Waals surface area contributed by atoms with Crippen molar-refractivity contribution in [3.63, 3.8) is 0 Å². The Labute approximate surface area is 194 Å². The van der Waals surface area contributed by atoms with Crippen molar-refractivity contribution in [1.82, 2.24) is 24.9 Å². The van der Waals surface area contributed by atoms with Crippen molar-refractivity contribution in [3.8, 4) is 0 Å². The van der Waals surface area contributed by atoms with E-state index in [0.717, 1.165) is 58.0 Å². The first-order valence-corrected chi connectivity index (χ1v) is 11.9. The number of pyridine rings is 2. The first kappa shape index (κ1) is 20.2. The SMILES string of the molecule is CCc1[nH]c2nc(Sc3cnc4cccnc4c3)nc(N3C[C@@H]4[C@H](C3)C4(N)CN)c2c1Cl. The van der Waals surface area contributed by atoms with Crippen LogP contribution in [0.25, 0.3) is 22.1 Å². The molecule has 2 fully saturated rings. The summed E-state index contributed by atoms with van der Waals surface area (Å²) in [4.78, 5) is 25.2. The van der Waals surface area contributed by atoms with Crippen molar-refractivity contribution in [2.45, 2.75) is 28.9 Å². The molecule has 1 saturated heterocycles. The number of rotatable bonds is 5. The maximum absolute atomic E-state index is 6.74. The second-order valence-electron chi connectivity index (χ2n) is 8.57. The van der Waals surface area contributed by atoms with Crippen molar-refractivity contribution in [2.75, 3.05) is 24.5 Å². The fraction of sp³-hybridized carbons (Fsp3) is 0.364. The Kier molecular flexibility index (Phi) is 4.59. The van der Waals surface area contributed by atoms with E-state index < -0.39 is 0 Å². The van der Waals surface area contributed by atoms with Crippen LogP contribution in [0.2, 0.25) is 5.02 Å². The molecule has 4 aromatic heterocycles. The summed E-state index contributed by atoms with van der Waals surface area (Å²) in [7, 11) is 0. The van der Waals surface area contributed by atoms with Gasteiger partial charge >= 0.3 is 0 Å². The molecule has 5 N–H and O–H groups in total. The first-order valence-electron chi connectivity index (χ1n) is 10.7. The molecule has 6 rings (SSSR count). The minimum atomic E-state index is -0.236. The molecule has 164 valence electrons. The zero-order valence-corrected chi connectivity index (χ0v) is 19.1. The van der Waals surface area contributed by atoms with Gasteiger partial charge in [0.25, 0.3) is 0 Å². The van der Waals surface area contributed by atoms with E-state index in [-0.39, 0.29) is 5.54 Å². The van der Waals surface area contributed by atoms with E-state index in [9.17, 15) is 0 Å². The van der Waals surface area contributed by atoms with E-state index >= 15 is 0 Å². The Morgan fingerprint density at radius 3 is 2.81 bits per heavy atom. The number of H-pyrrole nitrogens is 1. The lowest BCUT2D eigenvalue weighted by molar-refractivity contribution is 0.547. The van der Waals surface area contributed by atoms with Crippen LogP contribution in [-0.4, -0.2) is 50.1 Å². The van der Waals surface area contributed by atoms with Crippen LogP contribution in [0.4, 0.5) is 5.82 Å². The van der Waals surface area contributed by atoms with Crippen LogP contribution in [0, 0.1) is 11.8 Å². The predicted molar refractivity (Wildman–Crippen MR) is 127 cm³/mol. The number of halogens is 1. The Bertz CT molecular complexity index is 1340. The lowest BCUT2D eigenvalue weighted by atomic mass is 10.1. The van der Waals surface area contributed by atoms with E-state index in [1.807, 2.05) is 24.4 Å². The molecule has 1 aliphatic carbocycles. The lowest BCUT2D eigenvalue weighted by Crippen LogP contribution is -2.43. The van der Waals surface area contributed by atoms with Crippen LogP contribution in [0.5, 0.6) is 0 Å². The van der Waals surface area contributed by atoms with Gasteiger partial charge in [-0.25, -0.2) is 9.97 Å². The number of anilines is 1. The molecule has 8 nitrogen and oxygen atoms in total. The molecule has 4 aromatic rings. The normalized spacial score (nSPS) is 24.4. The number of hydrogen-bond donors (Lipinski definition) is 3. The maximum atomic E-state index is 6.74. The van der Waals surface area contributed by atoms with Crippen LogP contribution < -0.4 is 16.4 Å². The van der Waals surface area contributed by atoms with Crippen molar-refractivity contribution < 1.29 is 0 Å². The quantitative estimate of drug-likeness (QED) is 0.383. The van der Waals surface area contributed by atoms with Crippen LogP contribution >= 0.6 is 23.4 Å². The molecule has 0 amide bonds. The monoisotopic (exact) mass is 466 g/mol. The number of nitrogens with zero attached hydrogens (tertiary/aromatic N) is 5. The number of hydrogen-bond acceptors (Lipinski definition) is 8. The predicted octanol–water partition coefficient (Wildman–Crippen LogP) is 2.99. The highest BCUT2D eigenvalue weighted by Crippen LogP contribution is 2.54. The molecule has 3 atom stereocenters. The molecule has 10 heteroatoms. The third kappa shape index (κ3) is 2.99. The number of piperidine rings is 1. The summed E-state index contributed by atoms with van der Waals surface area (Å²) in [6.07, 6.45) is 4.39. The minimum Gasteiger partial charge on any atom is -0.355 e. The average Bonchev–Trinajstić information content (AvgIpc) is 3.14. The van der Waals surface area contributed by atoms with Gasteiger partial charge in [0, 0.05) is 60.0 Å². The molecule has 0 radical (unpaired) electrons. The van der Waals surface area contributed by atoms with Crippen molar-refractivity contribution >= 4 is 51.2 Å². The Morgan fingerprint density at radius 2 is 2.06 bits per heavy atom. The van der Waals surface area contributed by atoms with Gasteiger partial charge in [-0.2, -0.15) is 0 Å². The second kappa shape index (κ2) is 7.28. The van der Waals surface area contributed by atoms with Gasteiger partial charge in [0.15, 0.2) is 5.16 Å². The van der Waals surface area contributed by atoms with Gasteiger partial charge in [0.2, 0.25) is 0 Å². The Balaban J connectivity index is 1.40. The number of nitrogens with two attached hydrogens (primary N) is 2. The molecule has 1 unspecified atom stereocenters. The summed E-state index contributed by atoms with van der Waals surface area (Å²) >= 11 is 8.21. The van der Waals surface area contributed by atoms with Gasteiger partial charge in [0.05, 0.1) is 21.4 Å². The highest BCUT2D eigenvalue weighted by atomic mass is 35.5. The number of aryl methyl sites for hydroxylation is 1. The summed E-state index contributed by atoms with van der Waals surface area (Å²) < 4.78 is 0. The number of aromatic nitrogens is 5. The molecular formula is C22H23ClN8S. The van der Waals surface area contributed by atoms with E-state index in [0.29, 0.717) is 28.6 Å². The van der Waals surface area contributed by atoms with Gasteiger partial charge < -0.3 is 21.4 Å². The van der Waals surface area contributed by atoms with Crippen LogP contribution in [0.3, 0.4) is 0 Å². The fourth-order valence-electron chi connectivity index (χ4n) is 4.93. The van der Waals surface area contributed by atoms with E-state index in [1.165, 1.54) is 11.8 Å². The second-order valence-corrected chi connectivity index (χ2v) is 9.99. The maximum Gasteiger partial charge on any atom is 0.196 e. The molecule has 1 aliphatic heterocycles. The van der Waals surface area contributed by atoms with Gasteiger partial charge in [-0.05, 0) is 36.4 Å². The van der Waals surface area contributed by atoms with Crippen LogP contribution in [0.1, 0.15) is 12.6 Å². The fourth-order valence-corrected chi connectivity index (χ4v) is 6.04. The summed E-state index contributed by atoms with van der Waals surface area (Å²) in [5.41, 5.74) is 15.6. The number of aromatic amines is 1. The summed E-state index contributed by atoms with van der Waals surface area (Å²) in [6.45, 7) is 4.25. The van der Waals surface area contributed by atoms with Crippen molar-refractivity contribution in [2.24, 2.45) is 23.3 Å². The molecular weight excluding hydrogens is 444 g/mol. The first-order chi connectivity index (χ1) is 15.5. The Hall–Kier alpha value is -2.46. The highest BCUT2D eigenvalue weighted by Gasteiger charge is 2.65. The molecule has 32 heavy (non-hydrogen) atoms. The Morgan fingerprint density at radius 1 is 1.25 bits per heavy atom. The van der Waals surface area contributed by atoms with E-state index in [2.05, 4.69) is 26.8 Å². The average molecular weight is 467 g/mol. The summed E-state index contributed by atoms with van der Waals surface area (Å²) in [5, 5.41) is 2.22. The summed E-state index contributed by atoms with van der Waals surface area (Å²) in [5.74, 6) is 1.65. The zero-order valence-electron chi connectivity index (χ0n) is 17.5.